The van der Waals surface area contributed by atoms with E-state index in [1.165, 1.54) is 43.0 Å². The standard InChI is InChI=1S/C13H12N2O7S2/c1-8(16)22-6-10-7-23-12(14-13(10)24(19,20)21)9-2-4-11(5-3-9)15(17)18/h2-5H,6-7H2,1H3,(H,19,20,21). The van der Waals surface area contributed by atoms with E-state index < -0.39 is 26.0 Å². The summed E-state index contributed by atoms with van der Waals surface area (Å²) in [6.07, 6.45) is 0. The predicted octanol–water partition coefficient (Wildman–Crippen LogP) is 1.75. The second-order valence-corrected chi connectivity index (χ2v) is 6.97. The minimum atomic E-state index is -4.61. The fraction of sp³-hybridized carbons (Fsp3) is 0.231. The zero-order chi connectivity index (χ0) is 17.9. The molecule has 0 saturated carbocycles. The fourth-order valence-electron chi connectivity index (χ4n) is 1.83. The maximum Gasteiger partial charge on any atom is 0.312 e. The van der Waals surface area contributed by atoms with Gasteiger partial charge in [-0.05, 0) is 12.1 Å². The van der Waals surface area contributed by atoms with Crippen molar-refractivity contribution in [1.29, 1.82) is 0 Å². The highest BCUT2D eigenvalue weighted by atomic mass is 32.2. The number of nitro benzene ring substituents is 1. The average Bonchev–Trinajstić information content (AvgIpc) is 2.52. The number of rotatable bonds is 5. The smallest absolute Gasteiger partial charge is 0.312 e. The lowest BCUT2D eigenvalue weighted by molar-refractivity contribution is -0.384. The normalized spacial score (nSPS) is 15.0. The number of carbonyl (C=O) groups excluding carboxylic acids is 1. The van der Waals surface area contributed by atoms with Crippen LogP contribution in [0.1, 0.15) is 12.5 Å². The molecule has 0 radical (unpaired) electrons. The van der Waals surface area contributed by atoms with E-state index in [2.05, 4.69) is 4.99 Å². The predicted molar refractivity (Wildman–Crippen MR) is 87.3 cm³/mol. The summed E-state index contributed by atoms with van der Waals surface area (Å²) >= 11 is 1.17. The van der Waals surface area contributed by atoms with E-state index >= 15 is 0 Å². The summed E-state index contributed by atoms with van der Waals surface area (Å²) in [5, 5.41) is 10.4. The van der Waals surface area contributed by atoms with Crippen molar-refractivity contribution in [3.8, 4) is 0 Å². The second kappa shape index (κ2) is 7.11. The number of nitro groups is 1. The van der Waals surface area contributed by atoms with Gasteiger partial charge in [0.1, 0.15) is 11.7 Å². The first kappa shape index (κ1) is 18.1. The van der Waals surface area contributed by atoms with Crippen molar-refractivity contribution in [2.45, 2.75) is 6.92 Å². The Hall–Kier alpha value is -2.24. The van der Waals surface area contributed by atoms with Gasteiger partial charge in [0.25, 0.3) is 5.69 Å². The zero-order valence-corrected chi connectivity index (χ0v) is 14.0. The van der Waals surface area contributed by atoms with Gasteiger partial charge >= 0.3 is 16.1 Å². The Balaban J connectivity index is 2.39. The molecule has 24 heavy (non-hydrogen) atoms. The van der Waals surface area contributed by atoms with E-state index in [1.807, 2.05) is 0 Å². The van der Waals surface area contributed by atoms with Crippen LogP contribution in [0.15, 0.2) is 39.9 Å². The van der Waals surface area contributed by atoms with Crippen LogP contribution in [0.3, 0.4) is 0 Å². The van der Waals surface area contributed by atoms with Crippen molar-refractivity contribution >= 4 is 38.6 Å². The van der Waals surface area contributed by atoms with Crippen molar-refractivity contribution < 1.29 is 27.4 Å². The van der Waals surface area contributed by atoms with Crippen molar-refractivity contribution in [1.82, 2.24) is 0 Å². The number of esters is 1. The Bertz CT molecular complexity index is 842. The van der Waals surface area contributed by atoms with E-state index in [0.717, 1.165) is 0 Å². The lowest BCUT2D eigenvalue weighted by Gasteiger charge is -2.17. The molecule has 0 atom stereocenters. The summed E-state index contributed by atoms with van der Waals surface area (Å²) < 4.78 is 37.1. The first-order valence-electron chi connectivity index (χ1n) is 6.47. The maximum atomic E-state index is 11.5. The summed E-state index contributed by atoms with van der Waals surface area (Å²) in [7, 11) is -4.61. The van der Waals surface area contributed by atoms with Gasteiger partial charge in [-0.15, -0.1) is 11.8 Å². The van der Waals surface area contributed by atoms with Gasteiger partial charge in [-0.1, -0.05) is 0 Å². The van der Waals surface area contributed by atoms with Gasteiger partial charge in [0.05, 0.1) is 4.92 Å². The quantitative estimate of drug-likeness (QED) is 0.357. The highest BCUT2D eigenvalue weighted by Crippen LogP contribution is 2.29. The molecule has 0 aromatic heterocycles. The summed E-state index contributed by atoms with van der Waals surface area (Å²) in [4.78, 5) is 24.9. The van der Waals surface area contributed by atoms with Crippen LogP contribution < -0.4 is 0 Å². The van der Waals surface area contributed by atoms with Gasteiger partial charge in [-0.2, -0.15) is 8.42 Å². The molecule has 1 aliphatic rings. The van der Waals surface area contributed by atoms with Crippen molar-refractivity contribution in [3.63, 3.8) is 0 Å². The number of carbonyl (C=O) groups is 1. The van der Waals surface area contributed by atoms with Crippen molar-refractivity contribution in [2.75, 3.05) is 12.4 Å². The van der Waals surface area contributed by atoms with Crippen LogP contribution in [0, 0.1) is 10.1 Å². The Kier molecular flexibility index (Phi) is 5.36. The molecule has 128 valence electrons. The maximum absolute atomic E-state index is 11.5. The number of nitrogens with zero attached hydrogens (tertiary/aromatic N) is 2. The van der Waals surface area contributed by atoms with Crippen LogP contribution in [0.25, 0.3) is 0 Å². The Morgan fingerprint density at radius 1 is 1.42 bits per heavy atom. The highest BCUT2D eigenvalue weighted by molar-refractivity contribution is 8.14. The lowest BCUT2D eigenvalue weighted by Crippen LogP contribution is -2.17. The van der Waals surface area contributed by atoms with Crippen molar-refractivity contribution in [3.05, 3.63) is 50.5 Å². The second-order valence-electron chi connectivity index (χ2n) is 4.67. The topological polar surface area (TPSA) is 136 Å². The van der Waals surface area contributed by atoms with Crippen LogP contribution in [-0.4, -0.2) is 41.3 Å². The first-order valence-corrected chi connectivity index (χ1v) is 8.90. The summed E-state index contributed by atoms with van der Waals surface area (Å²) in [5.41, 5.74) is 0.517. The van der Waals surface area contributed by atoms with Crippen LogP contribution in [0.2, 0.25) is 0 Å². The number of non-ortho nitro benzene ring substituents is 1. The fourth-order valence-corrected chi connectivity index (χ4v) is 3.67. The van der Waals surface area contributed by atoms with E-state index in [-0.39, 0.29) is 28.7 Å². The van der Waals surface area contributed by atoms with Gasteiger partial charge in [0.15, 0.2) is 5.03 Å². The summed E-state index contributed by atoms with van der Waals surface area (Å²) in [5.74, 6) is -0.453. The molecule has 1 aliphatic heterocycles. The molecule has 2 rings (SSSR count). The van der Waals surface area contributed by atoms with Gasteiger partial charge in [-0.3, -0.25) is 19.5 Å². The molecule has 0 saturated heterocycles. The molecule has 0 amide bonds. The third-order valence-corrected chi connectivity index (χ3v) is 4.87. The molecule has 0 fully saturated rings. The lowest BCUT2D eigenvalue weighted by atomic mass is 10.2. The molecular formula is C13H12N2O7S2. The molecule has 0 unspecified atom stereocenters. The molecular weight excluding hydrogens is 360 g/mol. The largest absolute Gasteiger partial charge is 0.461 e. The monoisotopic (exact) mass is 372 g/mol. The minimum Gasteiger partial charge on any atom is -0.461 e. The number of hydrogen-bond donors (Lipinski definition) is 1. The van der Waals surface area contributed by atoms with Crippen LogP contribution in [0.4, 0.5) is 5.69 Å². The number of benzene rings is 1. The molecule has 11 heteroatoms. The van der Waals surface area contributed by atoms with Gasteiger partial charge in [-0.25, -0.2) is 4.99 Å². The van der Waals surface area contributed by atoms with E-state index in [0.29, 0.717) is 5.56 Å². The molecule has 1 N–H and O–H groups in total. The SMILES string of the molecule is CC(=O)OCC1=C(S(=O)(=O)O)N=C(c2ccc([N+](=O)[O-])cc2)SC1. The molecule has 9 nitrogen and oxygen atoms in total. The van der Waals surface area contributed by atoms with Gasteiger partial charge in [0.2, 0.25) is 0 Å². The Morgan fingerprint density at radius 3 is 2.54 bits per heavy atom. The molecule has 0 aliphatic carbocycles. The van der Waals surface area contributed by atoms with Crippen LogP contribution in [-0.2, 0) is 19.6 Å². The van der Waals surface area contributed by atoms with Crippen LogP contribution >= 0.6 is 11.8 Å². The average molecular weight is 372 g/mol. The third kappa shape index (κ3) is 4.40. The molecule has 1 aromatic carbocycles. The molecule has 0 spiro atoms. The first-order chi connectivity index (χ1) is 11.2. The summed E-state index contributed by atoms with van der Waals surface area (Å²) in [6, 6.07) is 5.40. The highest BCUT2D eigenvalue weighted by Gasteiger charge is 2.26. The Labute approximate surface area is 141 Å². The molecule has 1 aromatic rings. The molecule has 1 heterocycles. The molecule has 0 bridgehead atoms. The zero-order valence-electron chi connectivity index (χ0n) is 12.3. The van der Waals surface area contributed by atoms with Crippen LogP contribution in [0.5, 0.6) is 0 Å². The summed E-state index contributed by atoms with van der Waals surface area (Å²) in [6.45, 7) is 0.879. The minimum absolute atomic E-state index is 0.110. The van der Waals surface area contributed by atoms with Gasteiger partial charge < -0.3 is 4.74 Å². The van der Waals surface area contributed by atoms with E-state index in [4.69, 9.17) is 4.74 Å². The number of aliphatic imine (C=N–C) groups is 1. The van der Waals surface area contributed by atoms with E-state index in [1.54, 1.807) is 0 Å². The van der Waals surface area contributed by atoms with E-state index in [9.17, 15) is 27.9 Å². The Morgan fingerprint density at radius 2 is 2.04 bits per heavy atom. The van der Waals surface area contributed by atoms with Gasteiger partial charge in [0, 0.05) is 35.9 Å². The third-order valence-electron chi connectivity index (χ3n) is 2.91. The van der Waals surface area contributed by atoms with Crippen molar-refractivity contribution in [2.24, 2.45) is 4.99 Å². The number of ether oxygens (including phenoxy) is 1. The number of hydrogen-bond acceptors (Lipinski definition) is 8. The number of thioether (sulfide) groups is 1.